The lowest BCUT2D eigenvalue weighted by atomic mass is 10.2. The van der Waals surface area contributed by atoms with Gasteiger partial charge in [-0.05, 0) is 32.5 Å². The summed E-state index contributed by atoms with van der Waals surface area (Å²) in [6.45, 7) is 4.00. The average molecular weight is 232 g/mol. The van der Waals surface area contributed by atoms with Crippen LogP contribution in [-0.2, 0) is 0 Å². The average Bonchev–Trinajstić information content (AvgIpc) is 2.80. The summed E-state index contributed by atoms with van der Waals surface area (Å²) < 4.78 is 5.66. The molecule has 5 nitrogen and oxygen atoms in total. The molecule has 1 unspecified atom stereocenters. The summed E-state index contributed by atoms with van der Waals surface area (Å²) in [6, 6.07) is 3.90. The fourth-order valence-electron chi connectivity index (χ4n) is 1.67. The van der Waals surface area contributed by atoms with Crippen LogP contribution in [0.3, 0.4) is 0 Å². The summed E-state index contributed by atoms with van der Waals surface area (Å²) >= 11 is 0. The number of pyridine rings is 1. The van der Waals surface area contributed by atoms with Gasteiger partial charge in [0.05, 0.1) is 6.04 Å². The third-order valence-corrected chi connectivity index (χ3v) is 2.64. The van der Waals surface area contributed by atoms with Crippen LogP contribution in [-0.4, -0.2) is 22.2 Å². The SMILES string of the molecule is CCC(NC)c1nnc(-c2ccnc(C)c2)o1. The van der Waals surface area contributed by atoms with Crippen molar-refractivity contribution in [1.82, 2.24) is 20.5 Å². The van der Waals surface area contributed by atoms with Crippen molar-refractivity contribution in [3.05, 3.63) is 29.9 Å². The largest absolute Gasteiger partial charge is 0.419 e. The Morgan fingerprint density at radius 3 is 2.88 bits per heavy atom. The summed E-state index contributed by atoms with van der Waals surface area (Å²) in [5.41, 5.74) is 1.84. The molecule has 0 amide bonds. The molecule has 5 heteroatoms. The minimum Gasteiger partial charge on any atom is -0.419 e. The van der Waals surface area contributed by atoms with Crippen molar-refractivity contribution in [2.75, 3.05) is 7.05 Å². The molecule has 2 heterocycles. The van der Waals surface area contributed by atoms with E-state index in [1.165, 1.54) is 0 Å². The Kier molecular flexibility index (Phi) is 3.49. The maximum Gasteiger partial charge on any atom is 0.247 e. The minimum atomic E-state index is 0.110. The quantitative estimate of drug-likeness (QED) is 0.874. The van der Waals surface area contributed by atoms with Crippen LogP contribution in [0, 0.1) is 6.92 Å². The van der Waals surface area contributed by atoms with Gasteiger partial charge in [0.15, 0.2) is 0 Å². The van der Waals surface area contributed by atoms with E-state index in [1.54, 1.807) is 6.20 Å². The Morgan fingerprint density at radius 2 is 2.24 bits per heavy atom. The number of nitrogens with one attached hydrogen (secondary N) is 1. The van der Waals surface area contributed by atoms with Crippen molar-refractivity contribution in [2.45, 2.75) is 26.3 Å². The predicted octanol–water partition coefficient (Wildman–Crippen LogP) is 2.11. The van der Waals surface area contributed by atoms with E-state index in [9.17, 15) is 0 Å². The molecular weight excluding hydrogens is 216 g/mol. The van der Waals surface area contributed by atoms with Gasteiger partial charge in [0.25, 0.3) is 0 Å². The molecule has 0 bridgehead atoms. The molecular formula is C12H16N4O. The molecule has 0 spiro atoms. The van der Waals surface area contributed by atoms with Crippen LogP contribution in [0.5, 0.6) is 0 Å². The highest BCUT2D eigenvalue weighted by Gasteiger charge is 2.15. The first-order chi connectivity index (χ1) is 8.24. The van der Waals surface area contributed by atoms with Crippen molar-refractivity contribution >= 4 is 0 Å². The molecule has 0 radical (unpaired) electrons. The molecule has 0 aliphatic rings. The van der Waals surface area contributed by atoms with Crippen LogP contribution in [0.2, 0.25) is 0 Å². The van der Waals surface area contributed by atoms with Gasteiger partial charge in [-0.3, -0.25) is 4.98 Å². The maximum absolute atomic E-state index is 5.66. The highest BCUT2D eigenvalue weighted by Crippen LogP contribution is 2.21. The molecule has 2 rings (SSSR count). The number of nitrogens with zero attached hydrogens (tertiary/aromatic N) is 3. The molecule has 0 saturated carbocycles. The zero-order chi connectivity index (χ0) is 12.3. The first kappa shape index (κ1) is 11.7. The van der Waals surface area contributed by atoms with Crippen LogP contribution in [0.1, 0.15) is 31.0 Å². The van der Waals surface area contributed by atoms with Crippen molar-refractivity contribution < 1.29 is 4.42 Å². The summed E-state index contributed by atoms with van der Waals surface area (Å²) in [6.07, 6.45) is 2.65. The molecule has 0 aliphatic heterocycles. The fourth-order valence-corrected chi connectivity index (χ4v) is 1.67. The molecule has 0 saturated heterocycles. The van der Waals surface area contributed by atoms with E-state index >= 15 is 0 Å². The lowest BCUT2D eigenvalue weighted by Gasteiger charge is -2.07. The summed E-state index contributed by atoms with van der Waals surface area (Å²) in [5.74, 6) is 1.17. The zero-order valence-electron chi connectivity index (χ0n) is 10.3. The minimum absolute atomic E-state index is 0.110. The van der Waals surface area contributed by atoms with Crippen LogP contribution in [0.25, 0.3) is 11.5 Å². The molecule has 90 valence electrons. The summed E-state index contributed by atoms with van der Waals surface area (Å²) in [4.78, 5) is 4.14. The maximum atomic E-state index is 5.66. The van der Waals surface area contributed by atoms with Crippen molar-refractivity contribution in [2.24, 2.45) is 0 Å². The first-order valence-corrected chi connectivity index (χ1v) is 5.68. The fraction of sp³-hybridized carbons (Fsp3) is 0.417. The highest BCUT2D eigenvalue weighted by atomic mass is 16.4. The smallest absolute Gasteiger partial charge is 0.247 e. The number of aryl methyl sites for hydroxylation is 1. The predicted molar refractivity (Wildman–Crippen MR) is 64.4 cm³/mol. The monoisotopic (exact) mass is 232 g/mol. The number of aromatic nitrogens is 3. The first-order valence-electron chi connectivity index (χ1n) is 5.68. The Balaban J connectivity index is 2.29. The normalized spacial score (nSPS) is 12.6. The summed E-state index contributed by atoms with van der Waals surface area (Å²) in [5, 5.41) is 11.3. The van der Waals surface area contributed by atoms with Crippen LogP contribution in [0.15, 0.2) is 22.7 Å². The topological polar surface area (TPSA) is 63.8 Å². The second-order valence-corrected chi connectivity index (χ2v) is 3.88. The molecule has 1 N–H and O–H groups in total. The third kappa shape index (κ3) is 2.50. The lowest BCUT2D eigenvalue weighted by molar-refractivity contribution is 0.415. The second-order valence-electron chi connectivity index (χ2n) is 3.88. The molecule has 0 fully saturated rings. The molecule has 2 aromatic rings. The number of hydrogen-bond donors (Lipinski definition) is 1. The van der Waals surface area contributed by atoms with E-state index < -0.39 is 0 Å². The molecule has 17 heavy (non-hydrogen) atoms. The molecule has 2 aromatic heterocycles. The standard InChI is InChI=1S/C12H16N4O/c1-4-10(13-3)12-16-15-11(17-12)9-5-6-14-8(2)7-9/h5-7,10,13H,4H2,1-3H3. The Bertz CT molecular complexity index is 491. The van der Waals surface area contributed by atoms with Gasteiger partial charge in [-0.1, -0.05) is 6.92 Å². The van der Waals surface area contributed by atoms with E-state index in [0.29, 0.717) is 11.8 Å². The van der Waals surface area contributed by atoms with Gasteiger partial charge in [-0.2, -0.15) is 0 Å². The van der Waals surface area contributed by atoms with Gasteiger partial charge >= 0.3 is 0 Å². The third-order valence-electron chi connectivity index (χ3n) is 2.64. The number of rotatable bonds is 4. The summed E-state index contributed by atoms with van der Waals surface area (Å²) in [7, 11) is 1.88. The van der Waals surface area contributed by atoms with E-state index in [2.05, 4.69) is 27.4 Å². The van der Waals surface area contributed by atoms with E-state index in [4.69, 9.17) is 4.42 Å². The van der Waals surface area contributed by atoms with Crippen LogP contribution < -0.4 is 5.32 Å². The van der Waals surface area contributed by atoms with Crippen molar-refractivity contribution in [1.29, 1.82) is 0 Å². The van der Waals surface area contributed by atoms with E-state index in [0.717, 1.165) is 17.7 Å². The molecule has 0 aliphatic carbocycles. The van der Waals surface area contributed by atoms with Crippen molar-refractivity contribution in [3.63, 3.8) is 0 Å². The van der Waals surface area contributed by atoms with Gasteiger partial charge in [-0.15, -0.1) is 10.2 Å². The van der Waals surface area contributed by atoms with E-state index in [1.807, 2.05) is 26.1 Å². The van der Waals surface area contributed by atoms with E-state index in [-0.39, 0.29) is 6.04 Å². The lowest BCUT2D eigenvalue weighted by Crippen LogP contribution is -2.15. The van der Waals surface area contributed by atoms with Gasteiger partial charge in [0.1, 0.15) is 0 Å². The second kappa shape index (κ2) is 5.05. The van der Waals surface area contributed by atoms with Gasteiger partial charge in [-0.25, -0.2) is 0 Å². The van der Waals surface area contributed by atoms with Crippen LogP contribution >= 0.6 is 0 Å². The Labute approximate surface area is 100 Å². The Morgan fingerprint density at radius 1 is 1.41 bits per heavy atom. The highest BCUT2D eigenvalue weighted by molar-refractivity contribution is 5.52. The zero-order valence-corrected chi connectivity index (χ0v) is 10.3. The van der Waals surface area contributed by atoms with Gasteiger partial charge in [0, 0.05) is 17.5 Å². The molecule has 1 atom stereocenters. The van der Waals surface area contributed by atoms with Gasteiger partial charge in [0.2, 0.25) is 11.8 Å². The van der Waals surface area contributed by atoms with Gasteiger partial charge < -0.3 is 9.73 Å². The Hall–Kier alpha value is -1.75. The molecule has 0 aromatic carbocycles. The van der Waals surface area contributed by atoms with Crippen molar-refractivity contribution in [3.8, 4) is 11.5 Å². The number of hydrogen-bond acceptors (Lipinski definition) is 5. The van der Waals surface area contributed by atoms with Crippen LogP contribution in [0.4, 0.5) is 0 Å².